The fraction of sp³-hybridized carbons (Fsp3) is 0.0714. The van der Waals surface area contributed by atoms with Gasteiger partial charge in [-0.05, 0) is 28.5 Å². The molecular weight excluding hydrogens is 230 g/mol. The van der Waals surface area contributed by atoms with Gasteiger partial charge in [-0.15, -0.1) is 0 Å². The number of rotatable bonds is 3. The minimum atomic E-state index is -0.583. The van der Waals surface area contributed by atoms with Crippen LogP contribution in [0.3, 0.4) is 0 Å². The van der Waals surface area contributed by atoms with Crippen molar-refractivity contribution in [3.63, 3.8) is 0 Å². The molecule has 0 aliphatic heterocycles. The molecule has 0 aromatic heterocycles. The molecule has 0 saturated carbocycles. The Morgan fingerprint density at radius 2 is 1.72 bits per heavy atom. The van der Waals surface area contributed by atoms with E-state index in [1.54, 1.807) is 18.2 Å². The summed E-state index contributed by atoms with van der Waals surface area (Å²) in [6, 6.07) is 16.9. The molecule has 0 heterocycles. The summed E-state index contributed by atoms with van der Waals surface area (Å²) in [6.45, 7) is 1.21. The van der Waals surface area contributed by atoms with Crippen molar-refractivity contribution in [3.05, 3.63) is 54.6 Å². The molecule has 2 rings (SSSR count). The summed E-state index contributed by atoms with van der Waals surface area (Å²) in [5.74, 6) is -0.186. The van der Waals surface area contributed by atoms with E-state index >= 15 is 0 Å². The molecule has 0 saturated heterocycles. The molecule has 4 heteroatoms. The predicted molar refractivity (Wildman–Crippen MR) is 66.8 cm³/mol. The third-order valence-electron chi connectivity index (χ3n) is 2.40. The van der Waals surface area contributed by atoms with Gasteiger partial charge in [-0.1, -0.05) is 42.5 Å². The summed E-state index contributed by atoms with van der Waals surface area (Å²) in [7, 11) is 0. The van der Waals surface area contributed by atoms with Crippen LogP contribution in [0.1, 0.15) is 6.92 Å². The van der Waals surface area contributed by atoms with Gasteiger partial charge in [-0.25, -0.2) is 0 Å². The second kappa shape index (κ2) is 5.33. The van der Waals surface area contributed by atoms with Gasteiger partial charge in [0.15, 0.2) is 5.75 Å². The van der Waals surface area contributed by atoms with Crippen LogP contribution in [-0.2, 0) is 4.79 Å². The lowest BCUT2D eigenvalue weighted by Crippen LogP contribution is -2.28. The quantitative estimate of drug-likeness (QED) is 0.666. The van der Waals surface area contributed by atoms with Crippen molar-refractivity contribution in [3.8, 4) is 16.9 Å². The zero-order valence-corrected chi connectivity index (χ0v) is 9.91. The van der Waals surface area contributed by atoms with Gasteiger partial charge in [0.1, 0.15) is 0 Å². The van der Waals surface area contributed by atoms with Gasteiger partial charge < -0.3 is 4.84 Å². The van der Waals surface area contributed by atoms with Gasteiger partial charge in [0.2, 0.25) is 0 Å². The highest BCUT2D eigenvalue weighted by Crippen LogP contribution is 2.23. The van der Waals surface area contributed by atoms with Crippen LogP contribution in [-0.4, -0.2) is 16.3 Å². The Hall–Kier alpha value is -2.33. The monoisotopic (exact) mass is 243 g/mol. The largest absolute Gasteiger partial charge is 0.351 e. The molecule has 4 nitrogen and oxygen atoms in total. The summed E-state index contributed by atoms with van der Waals surface area (Å²) < 4.78 is 0. The summed E-state index contributed by atoms with van der Waals surface area (Å²) in [5.41, 5.74) is 1.99. The minimum absolute atomic E-state index is 0.212. The first-order valence-corrected chi connectivity index (χ1v) is 5.50. The van der Waals surface area contributed by atoms with E-state index in [2.05, 4.69) is 0 Å². The Morgan fingerprint density at radius 3 is 2.39 bits per heavy atom. The normalized spacial score (nSPS) is 9.89. The SMILES string of the molecule is CC(=O)N(O)Oc1cccc(-c2ccccc2)c1. The van der Waals surface area contributed by atoms with Gasteiger partial charge in [0, 0.05) is 6.92 Å². The fourth-order valence-corrected chi connectivity index (χ4v) is 1.53. The summed E-state index contributed by atoms with van der Waals surface area (Å²) in [6.07, 6.45) is 0. The third-order valence-corrected chi connectivity index (χ3v) is 2.40. The molecule has 0 atom stereocenters. The molecule has 18 heavy (non-hydrogen) atoms. The maximum atomic E-state index is 10.9. The lowest BCUT2D eigenvalue weighted by atomic mass is 10.1. The van der Waals surface area contributed by atoms with Crippen molar-refractivity contribution in [1.29, 1.82) is 0 Å². The topological polar surface area (TPSA) is 49.8 Å². The second-order valence-electron chi connectivity index (χ2n) is 3.78. The highest BCUT2D eigenvalue weighted by atomic mass is 16.9. The molecule has 1 amide bonds. The first-order valence-electron chi connectivity index (χ1n) is 5.50. The average molecular weight is 243 g/mol. The standard InChI is InChI=1S/C14H13NO3/c1-11(16)15(17)18-14-9-5-8-13(10-14)12-6-3-2-4-7-12/h2-10,17H,1H3. The van der Waals surface area contributed by atoms with Crippen LogP contribution in [0.5, 0.6) is 5.75 Å². The second-order valence-corrected chi connectivity index (χ2v) is 3.78. The molecule has 0 fully saturated rings. The lowest BCUT2D eigenvalue weighted by Gasteiger charge is -2.13. The average Bonchev–Trinajstić information content (AvgIpc) is 2.40. The van der Waals surface area contributed by atoms with Crippen LogP contribution in [0.25, 0.3) is 11.1 Å². The fourth-order valence-electron chi connectivity index (χ4n) is 1.53. The molecule has 0 radical (unpaired) electrons. The van der Waals surface area contributed by atoms with E-state index in [0.29, 0.717) is 5.75 Å². The van der Waals surface area contributed by atoms with E-state index in [1.807, 2.05) is 36.4 Å². The molecule has 0 aliphatic carbocycles. The number of carbonyl (C=O) groups excluding carboxylic acids is 1. The molecule has 0 spiro atoms. The minimum Gasteiger partial charge on any atom is -0.351 e. The number of amides is 1. The Labute approximate surface area is 105 Å². The maximum absolute atomic E-state index is 10.9. The number of nitrogens with zero attached hydrogens (tertiary/aromatic N) is 1. The van der Waals surface area contributed by atoms with E-state index in [0.717, 1.165) is 11.1 Å². The predicted octanol–water partition coefficient (Wildman–Crippen LogP) is 2.89. The molecule has 92 valence electrons. The zero-order chi connectivity index (χ0) is 13.0. The van der Waals surface area contributed by atoms with Crippen molar-refractivity contribution in [2.24, 2.45) is 0 Å². The van der Waals surface area contributed by atoms with Gasteiger partial charge in [0.25, 0.3) is 5.91 Å². The van der Waals surface area contributed by atoms with Gasteiger partial charge in [0.05, 0.1) is 0 Å². The van der Waals surface area contributed by atoms with Crippen molar-refractivity contribution in [2.45, 2.75) is 6.92 Å². The van der Waals surface area contributed by atoms with Crippen LogP contribution >= 0.6 is 0 Å². The molecule has 0 unspecified atom stereocenters. The van der Waals surface area contributed by atoms with E-state index in [1.165, 1.54) is 6.92 Å². The number of hydrogen-bond donors (Lipinski definition) is 1. The Bertz CT molecular complexity index is 540. The van der Waals surface area contributed by atoms with Crippen molar-refractivity contribution < 1.29 is 14.8 Å². The van der Waals surface area contributed by atoms with Gasteiger partial charge in [-0.2, -0.15) is 0 Å². The van der Waals surface area contributed by atoms with Crippen LogP contribution in [0.2, 0.25) is 0 Å². The highest BCUT2D eigenvalue weighted by molar-refractivity contribution is 5.71. The molecule has 2 aromatic rings. The van der Waals surface area contributed by atoms with Crippen molar-refractivity contribution >= 4 is 5.91 Å². The molecular formula is C14H13NO3. The van der Waals surface area contributed by atoms with E-state index in [-0.39, 0.29) is 5.23 Å². The summed E-state index contributed by atoms with van der Waals surface area (Å²) >= 11 is 0. The maximum Gasteiger partial charge on any atom is 0.281 e. The van der Waals surface area contributed by atoms with Crippen molar-refractivity contribution in [1.82, 2.24) is 5.23 Å². The number of carbonyl (C=O) groups is 1. The number of benzene rings is 2. The highest BCUT2D eigenvalue weighted by Gasteiger charge is 2.07. The Morgan fingerprint density at radius 1 is 1.06 bits per heavy atom. The first-order chi connectivity index (χ1) is 8.66. The van der Waals surface area contributed by atoms with Crippen LogP contribution in [0.4, 0.5) is 0 Å². The van der Waals surface area contributed by atoms with E-state index < -0.39 is 5.91 Å². The number of hydroxylamine groups is 2. The smallest absolute Gasteiger partial charge is 0.281 e. The summed E-state index contributed by atoms with van der Waals surface area (Å²) in [4.78, 5) is 15.8. The summed E-state index contributed by atoms with van der Waals surface area (Å²) in [5, 5.41) is 9.42. The molecule has 0 aliphatic rings. The third kappa shape index (κ3) is 2.87. The van der Waals surface area contributed by atoms with Crippen LogP contribution in [0, 0.1) is 0 Å². The van der Waals surface area contributed by atoms with Gasteiger partial charge in [-0.3, -0.25) is 10.0 Å². The van der Waals surface area contributed by atoms with E-state index in [9.17, 15) is 10.0 Å². The molecule has 2 aromatic carbocycles. The van der Waals surface area contributed by atoms with Gasteiger partial charge >= 0.3 is 0 Å². The Balaban J connectivity index is 2.23. The molecule has 1 N–H and O–H groups in total. The van der Waals surface area contributed by atoms with Crippen molar-refractivity contribution in [2.75, 3.05) is 0 Å². The Kier molecular flexibility index (Phi) is 3.60. The molecule has 0 bridgehead atoms. The van der Waals surface area contributed by atoms with E-state index in [4.69, 9.17) is 4.84 Å². The number of hydrogen-bond acceptors (Lipinski definition) is 3. The van der Waals surface area contributed by atoms with Crippen LogP contribution in [0.15, 0.2) is 54.6 Å². The zero-order valence-electron chi connectivity index (χ0n) is 9.91. The van der Waals surface area contributed by atoms with Crippen LogP contribution < -0.4 is 4.84 Å². The first kappa shape index (κ1) is 12.1. The lowest BCUT2D eigenvalue weighted by molar-refractivity contribution is -0.263.